The number of hydrogen-bond acceptors (Lipinski definition) is 6. The fourth-order valence-corrected chi connectivity index (χ4v) is 4.59. The van der Waals surface area contributed by atoms with Gasteiger partial charge in [0.1, 0.15) is 5.78 Å². The number of rotatable bonds is 11. The zero-order valence-electron chi connectivity index (χ0n) is 19.7. The molecule has 0 saturated carbocycles. The van der Waals surface area contributed by atoms with Crippen molar-refractivity contribution in [1.29, 1.82) is 0 Å². The summed E-state index contributed by atoms with van der Waals surface area (Å²) in [4.78, 5) is 13.6. The van der Waals surface area contributed by atoms with Crippen LogP contribution in [0.15, 0.2) is 12.7 Å². The van der Waals surface area contributed by atoms with Crippen LogP contribution in [0.5, 0.6) is 0 Å². The van der Waals surface area contributed by atoms with Crippen molar-refractivity contribution in [2.24, 2.45) is 17.3 Å². The Morgan fingerprint density at radius 1 is 1.20 bits per heavy atom. The fraction of sp³-hybridized carbons (Fsp3) is 0.875. The lowest BCUT2D eigenvalue weighted by Crippen LogP contribution is -2.52. The van der Waals surface area contributed by atoms with Gasteiger partial charge in [-0.15, -0.1) is 6.58 Å². The molecule has 0 radical (unpaired) electrons. The Morgan fingerprint density at radius 3 is 2.40 bits per heavy atom. The molecule has 1 N–H and O–H groups in total. The molecule has 2 saturated heterocycles. The molecule has 2 aliphatic heterocycles. The van der Waals surface area contributed by atoms with Crippen molar-refractivity contribution in [3.05, 3.63) is 12.7 Å². The number of ketones is 1. The Balaban J connectivity index is 2.00. The summed E-state index contributed by atoms with van der Waals surface area (Å²) < 4.78 is 23.0. The molecule has 0 aromatic heterocycles. The van der Waals surface area contributed by atoms with Gasteiger partial charge in [0.2, 0.25) is 0 Å². The number of ether oxygens (including phenoxy) is 4. The second-order valence-corrected chi connectivity index (χ2v) is 10.1. The third-order valence-electron chi connectivity index (χ3n) is 6.64. The van der Waals surface area contributed by atoms with E-state index in [1.807, 2.05) is 41.5 Å². The minimum Gasteiger partial charge on any atom is -0.392 e. The molecule has 6 nitrogen and oxygen atoms in total. The monoisotopic (exact) mass is 426 g/mol. The number of aliphatic hydroxyl groups excluding tert-OH is 1. The van der Waals surface area contributed by atoms with Crippen molar-refractivity contribution in [1.82, 2.24) is 0 Å². The lowest BCUT2D eigenvalue weighted by molar-refractivity contribution is -0.289. The van der Waals surface area contributed by atoms with Crippen LogP contribution in [0.2, 0.25) is 0 Å². The molecule has 30 heavy (non-hydrogen) atoms. The van der Waals surface area contributed by atoms with Crippen LogP contribution in [0.4, 0.5) is 0 Å². The molecule has 6 heteroatoms. The van der Waals surface area contributed by atoms with Gasteiger partial charge < -0.3 is 24.1 Å². The van der Waals surface area contributed by atoms with Crippen LogP contribution in [-0.2, 0) is 23.7 Å². The SMILES string of the molecule is C=CC[C@@H](C(=O)C(C)(C)[C@@H]1CCOC(C)(C)O1)[C@@H](O)[C@@H](C)CCCC1(C)OCCO1. The minimum absolute atomic E-state index is 0.0215. The Kier molecular flexibility index (Phi) is 8.68. The maximum Gasteiger partial charge on any atom is 0.165 e. The van der Waals surface area contributed by atoms with Crippen molar-refractivity contribution in [3.8, 4) is 0 Å². The van der Waals surface area contributed by atoms with Crippen LogP contribution in [0, 0.1) is 17.3 Å². The number of Topliss-reactive ketones (excluding diaryl/α,β-unsaturated/α-hetero) is 1. The molecule has 4 atom stereocenters. The highest BCUT2D eigenvalue weighted by atomic mass is 16.7. The Morgan fingerprint density at radius 2 is 1.83 bits per heavy atom. The molecule has 0 amide bonds. The van der Waals surface area contributed by atoms with Gasteiger partial charge in [-0.1, -0.05) is 26.8 Å². The first-order valence-corrected chi connectivity index (χ1v) is 11.3. The van der Waals surface area contributed by atoms with Gasteiger partial charge in [0.15, 0.2) is 11.6 Å². The summed E-state index contributed by atoms with van der Waals surface area (Å²) in [6, 6.07) is 0. The summed E-state index contributed by atoms with van der Waals surface area (Å²) in [7, 11) is 0. The van der Waals surface area contributed by atoms with Crippen LogP contribution < -0.4 is 0 Å². The van der Waals surface area contributed by atoms with Gasteiger partial charge >= 0.3 is 0 Å². The first-order valence-electron chi connectivity index (χ1n) is 11.3. The average Bonchev–Trinajstić information content (AvgIpc) is 3.10. The van der Waals surface area contributed by atoms with Crippen molar-refractivity contribution >= 4 is 5.78 Å². The van der Waals surface area contributed by atoms with Crippen LogP contribution >= 0.6 is 0 Å². The quantitative estimate of drug-likeness (QED) is 0.498. The Labute approximate surface area is 182 Å². The third-order valence-corrected chi connectivity index (χ3v) is 6.64. The van der Waals surface area contributed by atoms with E-state index in [9.17, 15) is 9.90 Å². The molecule has 0 unspecified atom stereocenters. The Hall–Kier alpha value is -0.790. The van der Waals surface area contributed by atoms with Gasteiger partial charge in [0.25, 0.3) is 0 Å². The molecular formula is C24H42O6. The van der Waals surface area contributed by atoms with E-state index in [4.69, 9.17) is 18.9 Å². The summed E-state index contributed by atoms with van der Waals surface area (Å²) >= 11 is 0. The van der Waals surface area contributed by atoms with E-state index < -0.39 is 29.0 Å². The maximum atomic E-state index is 13.6. The molecular weight excluding hydrogens is 384 g/mol. The second kappa shape index (κ2) is 10.2. The standard InChI is InChI=1S/C24H42O6/c1-8-10-18(20(25)17(2)11-9-13-24(7)28-15-16-29-24)21(26)22(3,4)19-12-14-27-23(5,6)30-19/h8,17-20,25H,1,9-16H2,2-7H3/t17-,18+,19-,20-/m0/s1. The van der Waals surface area contributed by atoms with E-state index in [-0.39, 0.29) is 17.8 Å². The Bertz CT molecular complexity index is 578. The minimum atomic E-state index is -0.735. The summed E-state index contributed by atoms with van der Waals surface area (Å²) in [5, 5.41) is 11.1. The smallest absolute Gasteiger partial charge is 0.165 e. The highest BCUT2D eigenvalue weighted by Gasteiger charge is 2.47. The van der Waals surface area contributed by atoms with Gasteiger partial charge in [-0.3, -0.25) is 4.79 Å². The summed E-state index contributed by atoms with van der Waals surface area (Å²) in [6.45, 7) is 17.2. The van der Waals surface area contributed by atoms with Crippen LogP contribution in [-0.4, -0.2) is 54.5 Å². The zero-order chi connectivity index (χ0) is 22.6. The van der Waals surface area contributed by atoms with Gasteiger partial charge in [-0.25, -0.2) is 0 Å². The lowest BCUT2D eigenvalue weighted by atomic mass is 9.71. The van der Waals surface area contributed by atoms with E-state index >= 15 is 0 Å². The van der Waals surface area contributed by atoms with Gasteiger partial charge in [-0.05, 0) is 52.4 Å². The van der Waals surface area contributed by atoms with Crippen LogP contribution in [0.3, 0.4) is 0 Å². The predicted molar refractivity (Wildman–Crippen MR) is 116 cm³/mol. The van der Waals surface area contributed by atoms with E-state index in [0.29, 0.717) is 32.7 Å². The summed E-state index contributed by atoms with van der Waals surface area (Å²) in [6.07, 6.45) is 4.29. The number of hydrogen-bond donors (Lipinski definition) is 1. The van der Waals surface area contributed by atoms with Gasteiger partial charge in [0.05, 0.1) is 37.4 Å². The highest BCUT2D eigenvalue weighted by molar-refractivity contribution is 5.87. The molecule has 0 bridgehead atoms. The normalized spacial score (nSPS) is 26.7. The van der Waals surface area contributed by atoms with Crippen LogP contribution in [0.1, 0.15) is 73.6 Å². The molecule has 174 valence electrons. The molecule has 0 aromatic carbocycles. The fourth-order valence-electron chi connectivity index (χ4n) is 4.59. The molecule has 2 fully saturated rings. The first-order chi connectivity index (χ1) is 13.9. The molecule has 0 aliphatic carbocycles. The van der Waals surface area contributed by atoms with Crippen molar-refractivity contribution in [2.75, 3.05) is 19.8 Å². The van der Waals surface area contributed by atoms with Crippen molar-refractivity contribution in [3.63, 3.8) is 0 Å². The van der Waals surface area contributed by atoms with E-state index in [2.05, 4.69) is 6.58 Å². The van der Waals surface area contributed by atoms with E-state index in [1.165, 1.54) is 0 Å². The molecule has 0 aromatic rings. The first kappa shape index (κ1) is 25.5. The van der Waals surface area contributed by atoms with Gasteiger partial charge in [0, 0.05) is 12.3 Å². The second-order valence-electron chi connectivity index (χ2n) is 10.1. The summed E-state index contributed by atoms with van der Waals surface area (Å²) in [5.74, 6) is -1.72. The molecule has 2 rings (SSSR count). The average molecular weight is 427 g/mol. The van der Waals surface area contributed by atoms with Crippen molar-refractivity contribution < 1.29 is 28.8 Å². The number of allylic oxidation sites excluding steroid dienone is 1. The number of carbonyl (C=O) groups is 1. The van der Waals surface area contributed by atoms with Gasteiger partial charge in [-0.2, -0.15) is 0 Å². The largest absolute Gasteiger partial charge is 0.392 e. The topological polar surface area (TPSA) is 74.2 Å². The molecule has 0 spiro atoms. The van der Waals surface area contributed by atoms with E-state index in [1.54, 1.807) is 6.08 Å². The highest BCUT2D eigenvalue weighted by Crippen LogP contribution is 2.38. The summed E-state index contributed by atoms with van der Waals surface area (Å²) in [5.41, 5.74) is -0.728. The van der Waals surface area contributed by atoms with Crippen molar-refractivity contribution in [2.45, 2.75) is 97.4 Å². The lowest BCUT2D eigenvalue weighted by Gasteiger charge is -2.44. The van der Waals surface area contributed by atoms with Crippen LogP contribution in [0.25, 0.3) is 0 Å². The number of aliphatic hydroxyl groups is 1. The zero-order valence-corrected chi connectivity index (χ0v) is 19.7. The number of carbonyl (C=O) groups excluding carboxylic acids is 1. The molecule has 2 aliphatic rings. The predicted octanol–water partition coefficient (Wildman–Crippen LogP) is 4.25. The molecule has 2 heterocycles. The maximum absolute atomic E-state index is 13.6. The van der Waals surface area contributed by atoms with E-state index in [0.717, 1.165) is 19.3 Å². The third kappa shape index (κ3) is 6.36.